The summed E-state index contributed by atoms with van der Waals surface area (Å²) in [4.78, 5) is 51.0. The summed E-state index contributed by atoms with van der Waals surface area (Å²) in [7, 11) is 0. The number of hydrogen-bond acceptors (Lipinski definition) is 6. The predicted molar refractivity (Wildman–Crippen MR) is 122 cm³/mol. The Balaban J connectivity index is 1.33. The monoisotopic (exact) mass is 475 g/mol. The lowest BCUT2D eigenvalue weighted by Gasteiger charge is -2.34. The Hall–Kier alpha value is -3.14. The number of nitrogens with one attached hydrogen (secondary N) is 1. The summed E-state index contributed by atoms with van der Waals surface area (Å²) < 4.78 is 11.2. The lowest BCUT2D eigenvalue weighted by Crippen LogP contribution is -2.47. The molecular formula is C24H33N3O7. The summed E-state index contributed by atoms with van der Waals surface area (Å²) in [5.41, 5.74) is 0.935. The van der Waals surface area contributed by atoms with E-state index in [-0.39, 0.29) is 56.1 Å². The molecule has 10 nitrogen and oxygen atoms in total. The highest BCUT2D eigenvalue weighted by molar-refractivity contribution is 5.82. The summed E-state index contributed by atoms with van der Waals surface area (Å²) in [5.74, 6) is -1.68. The molecule has 34 heavy (non-hydrogen) atoms. The molecule has 1 aromatic rings. The molecule has 0 unspecified atom stereocenters. The lowest BCUT2D eigenvalue weighted by atomic mass is 9.97. The van der Waals surface area contributed by atoms with Crippen molar-refractivity contribution < 1.29 is 33.8 Å². The zero-order valence-corrected chi connectivity index (χ0v) is 19.3. The van der Waals surface area contributed by atoms with Crippen molar-refractivity contribution in [1.82, 2.24) is 15.1 Å². The van der Waals surface area contributed by atoms with Gasteiger partial charge in [0.2, 0.25) is 11.8 Å². The molecule has 2 aliphatic rings. The number of aliphatic carboxylic acids is 1. The van der Waals surface area contributed by atoms with Gasteiger partial charge in [0.25, 0.3) is 0 Å². The van der Waals surface area contributed by atoms with E-state index in [0.29, 0.717) is 51.9 Å². The van der Waals surface area contributed by atoms with Crippen molar-refractivity contribution in [3.8, 4) is 0 Å². The van der Waals surface area contributed by atoms with Gasteiger partial charge >= 0.3 is 12.1 Å². The number of benzene rings is 1. The van der Waals surface area contributed by atoms with E-state index >= 15 is 0 Å². The van der Waals surface area contributed by atoms with Crippen LogP contribution in [0.4, 0.5) is 4.79 Å². The molecule has 2 fully saturated rings. The van der Waals surface area contributed by atoms with Crippen LogP contribution in [0, 0.1) is 5.92 Å². The van der Waals surface area contributed by atoms with Crippen LogP contribution in [-0.4, -0.2) is 84.2 Å². The van der Waals surface area contributed by atoms with Crippen LogP contribution in [-0.2, 0) is 30.5 Å². The summed E-state index contributed by atoms with van der Waals surface area (Å²) >= 11 is 0. The SMILES string of the molecule is O=C(O)CCNC(=O)[C@H]1CCCN(C(=O)COC2CCN(C(=O)OCc3ccccc3)CC2)C1. The minimum atomic E-state index is -0.965. The maximum absolute atomic E-state index is 12.6. The molecule has 3 rings (SSSR count). The molecule has 3 amide bonds. The Labute approximate surface area is 199 Å². The Bertz CT molecular complexity index is 840. The molecule has 0 spiro atoms. The van der Waals surface area contributed by atoms with Crippen LogP contribution in [0.15, 0.2) is 30.3 Å². The van der Waals surface area contributed by atoms with Crippen LogP contribution in [0.3, 0.4) is 0 Å². The minimum Gasteiger partial charge on any atom is -0.481 e. The number of carbonyl (C=O) groups is 4. The van der Waals surface area contributed by atoms with Crippen molar-refractivity contribution in [3.63, 3.8) is 0 Å². The standard InChI is InChI=1S/C24H33N3O7/c28-21(27-12-4-7-19(15-27)23(31)25-11-8-22(29)30)17-33-20-9-13-26(14-10-20)24(32)34-16-18-5-2-1-3-6-18/h1-3,5-6,19-20H,4,7-17H2,(H,25,31)(H,29,30)/t19-/m0/s1. The van der Waals surface area contributed by atoms with Gasteiger partial charge in [0.15, 0.2) is 0 Å². The number of piperidine rings is 2. The maximum atomic E-state index is 12.6. The van der Waals surface area contributed by atoms with E-state index in [1.807, 2.05) is 30.3 Å². The number of hydrogen-bond donors (Lipinski definition) is 2. The number of carboxylic acid groups (broad SMARTS) is 1. The molecule has 1 atom stereocenters. The smallest absolute Gasteiger partial charge is 0.410 e. The first-order valence-corrected chi connectivity index (χ1v) is 11.8. The molecule has 0 radical (unpaired) electrons. The molecule has 0 aromatic heterocycles. The van der Waals surface area contributed by atoms with E-state index in [4.69, 9.17) is 14.6 Å². The number of amides is 3. The van der Waals surface area contributed by atoms with E-state index in [0.717, 1.165) is 5.56 Å². The number of carbonyl (C=O) groups excluding carboxylic acids is 3. The van der Waals surface area contributed by atoms with E-state index in [1.54, 1.807) is 9.80 Å². The number of rotatable bonds is 9. The largest absolute Gasteiger partial charge is 0.481 e. The number of nitrogens with zero attached hydrogens (tertiary/aromatic N) is 2. The summed E-state index contributed by atoms with van der Waals surface area (Å²) in [6, 6.07) is 9.51. The van der Waals surface area contributed by atoms with Crippen LogP contribution >= 0.6 is 0 Å². The third-order valence-electron chi connectivity index (χ3n) is 6.13. The third kappa shape index (κ3) is 8.02. The minimum absolute atomic E-state index is 0.0591. The fraction of sp³-hybridized carbons (Fsp3) is 0.583. The first-order valence-electron chi connectivity index (χ1n) is 11.8. The molecule has 2 N–H and O–H groups in total. The van der Waals surface area contributed by atoms with Crippen LogP contribution in [0.25, 0.3) is 0 Å². The molecule has 1 aromatic carbocycles. The van der Waals surface area contributed by atoms with E-state index in [9.17, 15) is 19.2 Å². The number of carboxylic acids is 1. The van der Waals surface area contributed by atoms with E-state index < -0.39 is 5.97 Å². The van der Waals surface area contributed by atoms with Crippen molar-refractivity contribution in [1.29, 1.82) is 0 Å². The Morgan fingerprint density at radius 1 is 1.00 bits per heavy atom. The van der Waals surface area contributed by atoms with Gasteiger partial charge in [0.05, 0.1) is 18.4 Å². The average Bonchev–Trinajstić information content (AvgIpc) is 2.86. The molecule has 0 aliphatic carbocycles. The average molecular weight is 476 g/mol. The van der Waals surface area contributed by atoms with Gasteiger partial charge < -0.3 is 29.7 Å². The van der Waals surface area contributed by atoms with Gasteiger partial charge in [-0.3, -0.25) is 14.4 Å². The second kappa shape index (κ2) is 12.9. The van der Waals surface area contributed by atoms with Gasteiger partial charge in [-0.05, 0) is 31.2 Å². The Kier molecular flexibility index (Phi) is 9.69. The Morgan fingerprint density at radius 3 is 2.44 bits per heavy atom. The quantitative estimate of drug-likeness (QED) is 0.556. The molecule has 2 aliphatic heterocycles. The van der Waals surface area contributed by atoms with Gasteiger partial charge in [-0.15, -0.1) is 0 Å². The van der Waals surface area contributed by atoms with Gasteiger partial charge in [-0.25, -0.2) is 4.79 Å². The highest BCUT2D eigenvalue weighted by Gasteiger charge is 2.30. The van der Waals surface area contributed by atoms with Crippen molar-refractivity contribution in [3.05, 3.63) is 35.9 Å². The third-order valence-corrected chi connectivity index (χ3v) is 6.13. The topological polar surface area (TPSA) is 125 Å². The van der Waals surface area contributed by atoms with Gasteiger partial charge in [-0.1, -0.05) is 30.3 Å². The highest BCUT2D eigenvalue weighted by Crippen LogP contribution is 2.19. The predicted octanol–water partition coefficient (Wildman–Crippen LogP) is 1.63. The second-order valence-corrected chi connectivity index (χ2v) is 8.65. The maximum Gasteiger partial charge on any atom is 0.410 e. The number of likely N-dealkylation sites (tertiary alicyclic amines) is 2. The molecule has 10 heteroatoms. The van der Waals surface area contributed by atoms with Gasteiger partial charge in [0.1, 0.15) is 13.2 Å². The van der Waals surface area contributed by atoms with E-state index in [1.165, 1.54) is 0 Å². The Morgan fingerprint density at radius 2 is 1.74 bits per heavy atom. The van der Waals surface area contributed by atoms with Crippen molar-refractivity contribution >= 4 is 23.9 Å². The molecule has 2 saturated heterocycles. The van der Waals surface area contributed by atoms with Gasteiger partial charge in [0, 0.05) is 32.7 Å². The van der Waals surface area contributed by atoms with Crippen LogP contribution in [0.1, 0.15) is 37.7 Å². The zero-order valence-electron chi connectivity index (χ0n) is 19.3. The zero-order chi connectivity index (χ0) is 24.3. The second-order valence-electron chi connectivity index (χ2n) is 8.65. The summed E-state index contributed by atoms with van der Waals surface area (Å²) in [6.45, 7) is 2.17. The van der Waals surface area contributed by atoms with Crippen LogP contribution < -0.4 is 5.32 Å². The van der Waals surface area contributed by atoms with Gasteiger partial charge in [-0.2, -0.15) is 0 Å². The summed E-state index contributed by atoms with van der Waals surface area (Å²) in [6.07, 6.45) is 2.05. The fourth-order valence-electron chi connectivity index (χ4n) is 4.15. The van der Waals surface area contributed by atoms with Crippen LogP contribution in [0.2, 0.25) is 0 Å². The highest BCUT2D eigenvalue weighted by atomic mass is 16.6. The first kappa shape index (κ1) is 25.5. The summed E-state index contributed by atoms with van der Waals surface area (Å²) in [5, 5.41) is 11.3. The first-order chi connectivity index (χ1) is 16.4. The van der Waals surface area contributed by atoms with Crippen LogP contribution in [0.5, 0.6) is 0 Å². The molecule has 2 heterocycles. The fourth-order valence-corrected chi connectivity index (χ4v) is 4.15. The normalized spacial score (nSPS) is 18.9. The van der Waals surface area contributed by atoms with Crippen molar-refractivity contribution in [2.45, 2.75) is 44.8 Å². The number of ether oxygens (including phenoxy) is 2. The van der Waals surface area contributed by atoms with Crippen molar-refractivity contribution in [2.75, 3.05) is 39.3 Å². The molecule has 0 bridgehead atoms. The van der Waals surface area contributed by atoms with E-state index in [2.05, 4.69) is 5.32 Å². The lowest BCUT2D eigenvalue weighted by molar-refractivity contribution is -0.142. The molecule has 0 saturated carbocycles. The molecular weight excluding hydrogens is 442 g/mol. The van der Waals surface area contributed by atoms with Crippen molar-refractivity contribution in [2.24, 2.45) is 5.92 Å². The molecule has 186 valence electrons.